The van der Waals surface area contributed by atoms with Gasteiger partial charge in [-0.2, -0.15) is 0 Å². The molecule has 1 fully saturated rings. The Balaban J connectivity index is 0.00000243. The number of thiophene rings is 1. The summed E-state index contributed by atoms with van der Waals surface area (Å²) < 4.78 is 0. The van der Waals surface area contributed by atoms with Gasteiger partial charge in [0, 0.05) is 25.7 Å². The van der Waals surface area contributed by atoms with Crippen molar-refractivity contribution in [3.05, 3.63) is 61.3 Å². The molecule has 6 nitrogen and oxygen atoms in total. The molecule has 1 aromatic heterocycles. The summed E-state index contributed by atoms with van der Waals surface area (Å²) in [4.78, 5) is 26.4. The Kier molecular flexibility index (Phi) is 6.75. The molecule has 1 amide bonds. The molecule has 26 heavy (non-hydrogen) atoms. The molecule has 0 spiro atoms. The average molecular weight is 396 g/mol. The quantitative estimate of drug-likeness (QED) is 0.632. The Morgan fingerprint density at radius 2 is 2.08 bits per heavy atom. The number of carbonyl (C=O) groups is 1. The highest BCUT2D eigenvalue weighted by molar-refractivity contribution is 7.14. The molecule has 0 bridgehead atoms. The largest absolute Gasteiger partial charge is 0.328 e. The van der Waals surface area contributed by atoms with E-state index >= 15 is 0 Å². The Hall–Kier alpha value is -1.96. The number of nitro groups is 1. The minimum Gasteiger partial charge on any atom is -0.328 e. The van der Waals surface area contributed by atoms with Crippen LogP contribution >= 0.6 is 23.7 Å². The number of rotatable bonds is 4. The van der Waals surface area contributed by atoms with Crippen molar-refractivity contribution in [2.24, 2.45) is 0 Å². The van der Waals surface area contributed by atoms with Crippen molar-refractivity contribution in [2.75, 3.05) is 19.6 Å². The zero-order chi connectivity index (χ0) is 18.0. The first kappa shape index (κ1) is 20.4. The van der Waals surface area contributed by atoms with Crippen LogP contribution < -0.4 is 5.32 Å². The van der Waals surface area contributed by atoms with Gasteiger partial charge in [-0.15, -0.1) is 23.7 Å². The van der Waals surface area contributed by atoms with Gasteiger partial charge in [-0.05, 0) is 24.5 Å². The second-order valence-corrected chi connectivity index (χ2v) is 7.38. The van der Waals surface area contributed by atoms with Crippen molar-refractivity contribution in [1.82, 2.24) is 10.2 Å². The van der Waals surface area contributed by atoms with Crippen molar-refractivity contribution in [2.45, 2.75) is 26.3 Å². The van der Waals surface area contributed by atoms with Gasteiger partial charge in [0.05, 0.1) is 20.7 Å². The normalized spacial score (nSPS) is 16.8. The molecule has 2 aromatic rings. The fourth-order valence-corrected chi connectivity index (χ4v) is 4.06. The minimum atomic E-state index is -0.429. The Morgan fingerprint density at radius 1 is 1.38 bits per heavy atom. The molecular weight excluding hydrogens is 374 g/mol. The summed E-state index contributed by atoms with van der Waals surface area (Å²) in [5, 5.41) is 14.4. The second kappa shape index (κ2) is 8.62. The lowest BCUT2D eigenvalue weighted by molar-refractivity contribution is -0.385. The summed E-state index contributed by atoms with van der Waals surface area (Å²) in [7, 11) is 0. The third-order valence-electron chi connectivity index (χ3n) is 4.58. The SMILES string of the molecule is CCc1ccc(C2CNCCN2C(=O)c2cc([N+](=O)[O-])c(C)s2)cc1.Cl. The predicted molar refractivity (Wildman–Crippen MR) is 105 cm³/mol. The van der Waals surface area contributed by atoms with E-state index in [1.54, 1.807) is 6.92 Å². The number of benzene rings is 1. The minimum absolute atomic E-state index is 0. The molecule has 1 aliphatic heterocycles. The van der Waals surface area contributed by atoms with Gasteiger partial charge in [0.2, 0.25) is 0 Å². The van der Waals surface area contributed by atoms with Gasteiger partial charge in [0.25, 0.3) is 11.6 Å². The lowest BCUT2D eigenvalue weighted by Gasteiger charge is -2.36. The van der Waals surface area contributed by atoms with Gasteiger partial charge in [-0.25, -0.2) is 0 Å². The number of halogens is 1. The van der Waals surface area contributed by atoms with Crippen molar-refractivity contribution < 1.29 is 9.72 Å². The van der Waals surface area contributed by atoms with E-state index in [2.05, 4.69) is 36.5 Å². The third-order valence-corrected chi connectivity index (χ3v) is 5.60. The summed E-state index contributed by atoms with van der Waals surface area (Å²) in [6.07, 6.45) is 0.976. The predicted octanol–water partition coefficient (Wildman–Crippen LogP) is 3.74. The Bertz CT molecular complexity index is 791. The van der Waals surface area contributed by atoms with Crippen molar-refractivity contribution in [1.29, 1.82) is 0 Å². The van der Waals surface area contributed by atoms with Crippen LogP contribution in [0.1, 0.15) is 38.6 Å². The number of carbonyl (C=O) groups excluding carboxylic acids is 1. The van der Waals surface area contributed by atoms with Gasteiger partial charge in [0.15, 0.2) is 0 Å². The molecule has 1 aromatic carbocycles. The standard InChI is InChI=1S/C18H21N3O3S.ClH/c1-3-13-4-6-14(7-5-13)16-11-19-8-9-20(16)18(22)17-10-15(21(23)24)12(2)25-17;/h4-7,10,16,19H,3,8-9,11H2,1-2H3;1H. The van der Waals surface area contributed by atoms with E-state index in [9.17, 15) is 14.9 Å². The Labute approximate surface area is 162 Å². The number of aryl methyl sites for hydroxylation is 2. The van der Waals surface area contributed by atoms with Crippen LogP contribution in [0.3, 0.4) is 0 Å². The van der Waals surface area contributed by atoms with Gasteiger partial charge in [-0.1, -0.05) is 31.2 Å². The van der Waals surface area contributed by atoms with Crippen LogP contribution in [0.4, 0.5) is 5.69 Å². The highest BCUT2D eigenvalue weighted by Crippen LogP contribution is 2.31. The van der Waals surface area contributed by atoms with E-state index in [1.807, 2.05) is 4.90 Å². The summed E-state index contributed by atoms with van der Waals surface area (Å²) in [6, 6.07) is 9.66. The van der Waals surface area contributed by atoms with Crippen LogP contribution in [0, 0.1) is 17.0 Å². The lowest BCUT2D eigenvalue weighted by atomic mass is 10.0. The van der Waals surface area contributed by atoms with E-state index in [4.69, 9.17) is 0 Å². The molecule has 140 valence electrons. The summed E-state index contributed by atoms with van der Waals surface area (Å²) in [6.45, 7) is 5.78. The number of nitrogens with zero attached hydrogens (tertiary/aromatic N) is 2. The summed E-state index contributed by atoms with van der Waals surface area (Å²) >= 11 is 1.19. The molecule has 0 radical (unpaired) electrons. The van der Waals surface area contributed by atoms with E-state index in [1.165, 1.54) is 23.0 Å². The first-order valence-corrected chi connectivity index (χ1v) is 9.18. The van der Waals surface area contributed by atoms with E-state index in [0.717, 1.165) is 18.5 Å². The highest BCUT2D eigenvalue weighted by atomic mass is 35.5. The average Bonchev–Trinajstić information content (AvgIpc) is 3.03. The Morgan fingerprint density at radius 3 is 2.65 bits per heavy atom. The molecule has 0 aliphatic carbocycles. The maximum atomic E-state index is 13.0. The summed E-state index contributed by atoms with van der Waals surface area (Å²) in [5.74, 6) is -0.132. The maximum absolute atomic E-state index is 13.0. The van der Waals surface area contributed by atoms with Gasteiger partial charge in [-0.3, -0.25) is 14.9 Å². The molecular formula is C18H22ClN3O3S. The van der Waals surface area contributed by atoms with Gasteiger partial charge >= 0.3 is 0 Å². The molecule has 3 rings (SSSR count). The van der Waals surface area contributed by atoms with Gasteiger partial charge < -0.3 is 10.2 Å². The van der Waals surface area contributed by atoms with Crippen LogP contribution in [-0.4, -0.2) is 35.4 Å². The topological polar surface area (TPSA) is 75.5 Å². The number of hydrogen-bond acceptors (Lipinski definition) is 5. The lowest BCUT2D eigenvalue weighted by Crippen LogP contribution is -2.48. The molecule has 2 heterocycles. The number of amides is 1. The molecule has 1 atom stereocenters. The van der Waals surface area contributed by atoms with Crippen LogP contribution in [0.5, 0.6) is 0 Å². The van der Waals surface area contributed by atoms with Gasteiger partial charge in [0.1, 0.15) is 0 Å². The molecule has 1 saturated heterocycles. The third kappa shape index (κ3) is 4.06. The fourth-order valence-electron chi connectivity index (χ4n) is 3.12. The van der Waals surface area contributed by atoms with Crippen LogP contribution in [0.15, 0.2) is 30.3 Å². The zero-order valence-corrected chi connectivity index (χ0v) is 16.4. The van der Waals surface area contributed by atoms with Crippen molar-refractivity contribution in [3.63, 3.8) is 0 Å². The van der Waals surface area contributed by atoms with E-state index < -0.39 is 4.92 Å². The fraction of sp³-hybridized carbons (Fsp3) is 0.389. The molecule has 1 unspecified atom stereocenters. The van der Waals surface area contributed by atoms with Crippen LogP contribution in [0.25, 0.3) is 0 Å². The zero-order valence-electron chi connectivity index (χ0n) is 14.7. The second-order valence-electron chi connectivity index (χ2n) is 6.12. The number of piperazine rings is 1. The van der Waals surface area contributed by atoms with E-state index in [-0.39, 0.29) is 30.0 Å². The van der Waals surface area contributed by atoms with Crippen LogP contribution in [-0.2, 0) is 6.42 Å². The number of nitrogens with one attached hydrogen (secondary N) is 1. The van der Waals surface area contributed by atoms with Crippen molar-refractivity contribution >= 4 is 35.3 Å². The first-order valence-electron chi connectivity index (χ1n) is 8.36. The summed E-state index contributed by atoms with van der Waals surface area (Å²) in [5.41, 5.74) is 2.36. The van der Waals surface area contributed by atoms with Crippen molar-refractivity contribution in [3.8, 4) is 0 Å². The van der Waals surface area contributed by atoms with Crippen LogP contribution in [0.2, 0.25) is 0 Å². The van der Waals surface area contributed by atoms with E-state index in [0.29, 0.717) is 22.8 Å². The molecule has 1 aliphatic rings. The monoisotopic (exact) mass is 395 g/mol. The first-order chi connectivity index (χ1) is 12.0. The molecule has 8 heteroatoms. The highest BCUT2D eigenvalue weighted by Gasteiger charge is 2.31. The smallest absolute Gasteiger partial charge is 0.283 e. The molecule has 0 saturated carbocycles. The maximum Gasteiger partial charge on any atom is 0.283 e. The molecule has 1 N–H and O–H groups in total. The number of hydrogen-bond donors (Lipinski definition) is 1.